The van der Waals surface area contributed by atoms with Gasteiger partial charge in [-0.3, -0.25) is 4.79 Å². The van der Waals surface area contributed by atoms with Gasteiger partial charge in [0, 0.05) is 12.2 Å². The lowest BCUT2D eigenvalue weighted by Gasteiger charge is -2.23. The van der Waals surface area contributed by atoms with E-state index in [0.717, 1.165) is 17.5 Å². The second-order valence-electron chi connectivity index (χ2n) is 7.91. The highest BCUT2D eigenvalue weighted by atomic mass is 16.3. The maximum Gasteiger partial charge on any atom is 0.322 e. The van der Waals surface area contributed by atoms with Crippen molar-refractivity contribution >= 4 is 22.7 Å². The van der Waals surface area contributed by atoms with Gasteiger partial charge in [0.1, 0.15) is 5.58 Å². The summed E-state index contributed by atoms with van der Waals surface area (Å²) in [6.07, 6.45) is 2.40. The largest absolute Gasteiger partial charge is 0.464 e. The SMILES string of the molecule is CCc1ccc(NC(=O)N(Cc2ccccc2)Cc2coc3ccc(C)cc3c2=O)cc1. The third-order valence-electron chi connectivity index (χ3n) is 5.48. The number of rotatable bonds is 6. The number of aryl methyl sites for hydroxylation is 2. The van der Waals surface area contributed by atoms with Crippen LogP contribution >= 0.6 is 0 Å². The molecule has 0 aliphatic heterocycles. The summed E-state index contributed by atoms with van der Waals surface area (Å²) in [5.41, 5.74) is 4.74. The molecular formula is C27H26N2O3. The van der Waals surface area contributed by atoms with Crippen LogP contribution in [0.2, 0.25) is 0 Å². The fourth-order valence-electron chi connectivity index (χ4n) is 3.63. The van der Waals surface area contributed by atoms with E-state index in [9.17, 15) is 9.59 Å². The summed E-state index contributed by atoms with van der Waals surface area (Å²) in [5, 5.41) is 3.48. The van der Waals surface area contributed by atoms with Gasteiger partial charge in [-0.05, 0) is 48.7 Å². The minimum atomic E-state index is -0.276. The Morgan fingerprint density at radius 2 is 1.69 bits per heavy atom. The predicted molar refractivity (Wildman–Crippen MR) is 128 cm³/mol. The van der Waals surface area contributed by atoms with Crippen LogP contribution in [0.25, 0.3) is 11.0 Å². The Morgan fingerprint density at radius 3 is 2.41 bits per heavy atom. The molecule has 0 atom stereocenters. The van der Waals surface area contributed by atoms with E-state index in [4.69, 9.17) is 4.42 Å². The van der Waals surface area contributed by atoms with Gasteiger partial charge in [0.25, 0.3) is 0 Å². The highest BCUT2D eigenvalue weighted by molar-refractivity contribution is 5.89. The highest BCUT2D eigenvalue weighted by Gasteiger charge is 2.18. The van der Waals surface area contributed by atoms with Crippen LogP contribution in [0.3, 0.4) is 0 Å². The van der Waals surface area contributed by atoms with Crippen LogP contribution in [-0.2, 0) is 19.5 Å². The van der Waals surface area contributed by atoms with Crippen LogP contribution in [-0.4, -0.2) is 10.9 Å². The molecule has 1 aromatic heterocycles. The van der Waals surface area contributed by atoms with Gasteiger partial charge in [-0.25, -0.2) is 4.79 Å². The van der Waals surface area contributed by atoms with Crippen molar-refractivity contribution in [2.24, 2.45) is 0 Å². The lowest BCUT2D eigenvalue weighted by molar-refractivity contribution is 0.206. The van der Waals surface area contributed by atoms with Crippen molar-refractivity contribution in [3.63, 3.8) is 0 Å². The van der Waals surface area contributed by atoms with Gasteiger partial charge < -0.3 is 14.6 Å². The topological polar surface area (TPSA) is 62.6 Å². The van der Waals surface area contributed by atoms with Gasteiger partial charge in [0.15, 0.2) is 5.43 Å². The van der Waals surface area contributed by atoms with Crippen LogP contribution in [0, 0.1) is 6.92 Å². The van der Waals surface area contributed by atoms with Crippen molar-refractivity contribution in [2.45, 2.75) is 33.4 Å². The number of anilines is 1. The number of nitrogens with one attached hydrogen (secondary N) is 1. The molecule has 0 saturated heterocycles. The van der Waals surface area contributed by atoms with E-state index in [1.165, 1.54) is 11.8 Å². The molecule has 0 aliphatic carbocycles. The van der Waals surface area contributed by atoms with Gasteiger partial charge in [0.2, 0.25) is 0 Å². The van der Waals surface area contributed by atoms with Gasteiger partial charge >= 0.3 is 6.03 Å². The molecule has 0 saturated carbocycles. The lowest BCUT2D eigenvalue weighted by atomic mass is 10.1. The fraction of sp³-hybridized carbons (Fsp3) is 0.185. The molecule has 0 radical (unpaired) electrons. The number of fused-ring (bicyclic) bond motifs is 1. The van der Waals surface area contributed by atoms with Crippen LogP contribution in [0.5, 0.6) is 0 Å². The summed E-state index contributed by atoms with van der Waals surface area (Å²) < 4.78 is 5.69. The molecule has 5 nitrogen and oxygen atoms in total. The minimum Gasteiger partial charge on any atom is -0.464 e. The van der Waals surface area contributed by atoms with Crippen molar-refractivity contribution in [3.05, 3.63) is 112 Å². The Bertz CT molecular complexity index is 1280. The van der Waals surface area contributed by atoms with E-state index in [1.807, 2.05) is 73.7 Å². The fourth-order valence-corrected chi connectivity index (χ4v) is 3.63. The smallest absolute Gasteiger partial charge is 0.322 e. The van der Waals surface area contributed by atoms with Gasteiger partial charge in [-0.15, -0.1) is 0 Å². The maximum atomic E-state index is 13.2. The van der Waals surface area contributed by atoms with E-state index >= 15 is 0 Å². The predicted octanol–water partition coefficient (Wildman–Crippen LogP) is 5.90. The zero-order valence-electron chi connectivity index (χ0n) is 18.3. The highest BCUT2D eigenvalue weighted by Crippen LogP contribution is 2.17. The molecule has 3 aromatic carbocycles. The molecule has 4 rings (SSSR count). The number of urea groups is 1. The molecule has 162 valence electrons. The quantitative estimate of drug-likeness (QED) is 0.418. The molecule has 0 fully saturated rings. The van der Waals surface area contributed by atoms with Crippen molar-refractivity contribution in [1.82, 2.24) is 4.90 Å². The summed E-state index contributed by atoms with van der Waals surface area (Å²) in [6, 6.07) is 22.8. The Hall–Kier alpha value is -3.86. The van der Waals surface area contributed by atoms with E-state index in [1.54, 1.807) is 11.0 Å². The summed E-state index contributed by atoms with van der Waals surface area (Å²) in [7, 11) is 0. The van der Waals surface area contributed by atoms with Gasteiger partial charge in [-0.2, -0.15) is 0 Å². The zero-order chi connectivity index (χ0) is 22.5. The Morgan fingerprint density at radius 1 is 0.938 bits per heavy atom. The molecule has 2 amide bonds. The first-order valence-electron chi connectivity index (χ1n) is 10.7. The Labute approximate surface area is 187 Å². The van der Waals surface area contributed by atoms with Gasteiger partial charge in [0.05, 0.1) is 23.8 Å². The van der Waals surface area contributed by atoms with Gasteiger partial charge in [-0.1, -0.05) is 61.0 Å². The molecule has 5 heteroatoms. The van der Waals surface area contributed by atoms with Crippen molar-refractivity contribution < 1.29 is 9.21 Å². The van der Waals surface area contributed by atoms with Crippen LogP contribution in [0.1, 0.15) is 29.2 Å². The number of nitrogens with zero attached hydrogens (tertiary/aromatic N) is 1. The monoisotopic (exact) mass is 426 g/mol. The molecule has 0 unspecified atom stereocenters. The van der Waals surface area contributed by atoms with Crippen LogP contribution in [0.15, 0.2) is 88.3 Å². The summed E-state index contributed by atoms with van der Waals surface area (Å²) in [4.78, 5) is 27.9. The first-order chi connectivity index (χ1) is 15.5. The van der Waals surface area contributed by atoms with Crippen molar-refractivity contribution in [1.29, 1.82) is 0 Å². The third-order valence-corrected chi connectivity index (χ3v) is 5.48. The number of benzene rings is 3. The summed E-state index contributed by atoms with van der Waals surface area (Å²) in [6.45, 7) is 4.53. The molecule has 4 aromatic rings. The maximum absolute atomic E-state index is 13.2. The molecule has 0 bridgehead atoms. The average Bonchev–Trinajstić information content (AvgIpc) is 2.82. The molecule has 1 N–H and O–H groups in total. The second kappa shape index (κ2) is 9.52. The molecule has 1 heterocycles. The Kier molecular flexibility index (Phi) is 6.36. The number of hydrogen-bond donors (Lipinski definition) is 1. The molecule has 0 aliphatic rings. The number of carbonyl (C=O) groups is 1. The summed E-state index contributed by atoms with van der Waals surface area (Å²) in [5.74, 6) is 0. The lowest BCUT2D eigenvalue weighted by Crippen LogP contribution is -2.35. The number of hydrogen-bond acceptors (Lipinski definition) is 3. The van der Waals surface area contributed by atoms with E-state index in [2.05, 4.69) is 12.2 Å². The number of carbonyl (C=O) groups excluding carboxylic acids is 1. The standard InChI is InChI=1S/C27H26N2O3/c1-3-20-10-12-23(13-11-20)28-27(31)29(16-21-7-5-4-6-8-21)17-22-18-32-25-14-9-19(2)15-24(25)26(22)30/h4-15,18H,3,16-17H2,1-2H3,(H,28,31). The molecule has 32 heavy (non-hydrogen) atoms. The molecular weight excluding hydrogens is 400 g/mol. The van der Waals surface area contributed by atoms with Crippen molar-refractivity contribution in [2.75, 3.05) is 5.32 Å². The number of amides is 2. The van der Waals surface area contributed by atoms with E-state index in [-0.39, 0.29) is 18.0 Å². The minimum absolute atomic E-state index is 0.117. The first-order valence-corrected chi connectivity index (χ1v) is 10.7. The summed E-state index contributed by atoms with van der Waals surface area (Å²) >= 11 is 0. The third kappa shape index (κ3) is 4.89. The van der Waals surface area contributed by atoms with Crippen LogP contribution < -0.4 is 10.7 Å². The van der Waals surface area contributed by atoms with E-state index < -0.39 is 0 Å². The average molecular weight is 427 g/mol. The van der Waals surface area contributed by atoms with Crippen molar-refractivity contribution in [3.8, 4) is 0 Å². The van der Waals surface area contributed by atoms with Crippen LogP contribution in [0.4, 0.5) is 10.5 Å². The Balaban J connectivity index is 1.63. The zero-order valence-corrected chi connectivity index (χ0v) is 18.3. The first kappa shape index (κ1) is 21.4. The second-order valence-corrected chi connectivity index (χ2v) is 7.91. The molecule has 0 spiro atoms. The van der Waals surface area contributed by atoms with E-state index in [0.29, 0.717) is 28.8 Å². The normalized spacial score (nSPS) is 10.8.